The van der Waals surface area contributed by atoms with Crippen LogP contribution in [0.1, 0.15) is 30.3 Å². The molecular weight excluding hydrogens is 360 g/mol. The Morgan fingerprint density at radius 3 is 2.56 bits per heavy atom. The van der Waals surface area contributed by atoms with Crippen molar-refractivity contribution in [2.24, 2.45) is 0 Å². The highest BCUT2D eigenvalue weighted by Gasteiger charge is 2.15. The molecule has 6 heteroatoms. The lowest BCUT2D eigenvalue weighted by Gasteiger charge is -2.23. The third-order valence-electron chi connectivity index (χ3n) is 3.96. The summed E-state index contributed by atoms with van der Waals surface area (Å²) in [5.41, 5.74) is 0.888. The van der Waals surface area contributed by atoms with E-state index in [0.717, 1.165) is 5.56 Å². The fourth-order valence-electron chi connectivity index (χ4n) is 2.62. The van der Waals surface area contributed by atoms with Gasteiger partial charge in [-0.05, 0) is 63.2 Å². The average molecular weight is 389 g/mol. The Morgan fingerprint density at radius 2 is 1.93 bits per heavy atom. The minimum Gasteiger partial charge on any atom is -0.490 e. The molecule has 0 bridgehead atoms. The second-order valence-corrected chi connectivity index (χ2v) is 7.12. The van der Waals surface area contributed by atoms with Crippen LogP contribution in [0, 0.1) is 0 Å². The number of hydrogen-bond donors (Lipinski definition) is 1. The number of likely N-dealkylation sites (N-methyl/N-ethyl adjacent to an activating group) is 1. The molecule has 0 aliphatic carbocycles. The van der Waals surface area contributed by atoms with Crippen molar-refractivity contribution in [1.29, 1.82) is 0 Å². The Labute approximate surface area is 165 Å². The van der Waals surface area contributed by atoms with Gasteiger partial charge >= 0.3 is 0 Å². The van der Waals surface area contributed by atoms with Gasteiger partial charge in [0.15, 0.2) is 11.5 Å². The maximum atomic E-state index is 12.2. The second-order valence-electron chi connectivity index (χ2n) is 6.15. The molecule has 1 heterocycles. The lowest BCUT2D eigenvalue weighted by Crippen LogP contribution is -2.33. The molecule has 0 radical (unpaired) electrons. The Hall–Kier alpha value is -2.31. The molecule has 146 valence electrons. The number of nitrogens with one attached hydrogen (secondary N) is 1. The van der Waals surface area contributed by atoms with Gasteiger partial charge in [-0.15, -0.1) is 11.3 Å². The number of carbonyl (C=O) groups is 1. The first-order chi connectivity index (χ1) is 13.0. The van der Waals surface area contributed by atoms with Crippen LogP contribution in [-0.2, 0) is 4.79 Å². The quantitative estimate of drug-likeness (QED) is 0.626. The van der Waals surface area contributed by atoms with Gasteiger partial charge in [-0.3, -0.25) is 4.79 Å². The van der Waals surface area contributed by atoms with E-state index in [-0.39, 0.29) is 11.9 Å². The molecule has 1 amide bonds. The van der Waals surface area contributed by atoms with E-state index in [4.69, 9.17) is 9.47 Å². The van der Waals surface area contributed by atoms with Crippen molar-refractivity contribution in [2.45, 2.75) is 19.9 Å². The van der Waals surface area contributed by atoms with Gasteiger partial charge in [0.25, 0.3) is 0 Å². The van der Waals surface area contributed by atoms with Crippen LogP contribution in [0.5, 0.6) is 11.5 Å². The van der Waals surface area contributed by atoms with E-state index in [9.17, 15) is 4.79 Å². The zero-order valence-corrected chi connectivity index (χ0v) is 17.2. The molecule has 2 aromatic rings. The largest absolute Gasteiger partial charge is 0.490 e. The highest BCUT2D eigenvalue weighted by atomic mass is 32.1. The zero-order chi connectivity index (χ0) is 19.6. The minimum absolute atomic E-state index is 0.120. The number of nitrogens with zero attached hydrogens (tertiary/aromatic N) is 1. The van der Waals surface area contributed by atoms with Gasteiger partial charge in [0, 0.05) is 17.5 Å². The molecule has 0 aliphatic heterocycles. The van der Waals surface area contributed by atoms with Gasteiger partial charge in [0.2, 0.25) is 5.91 Å². The summed E-state index contributed by atoms with van der Waals surface area (Å²) >= 11 is 1.70. The Balaban J connectivity index is 1.98. The molecule has 1 atom stereocenters. The number of amides is 1. The predicted octanol–water partition coefficient (Wildman–Crippen LogP) is 3.98. The summed E-state index contributed by atoms with van der Waals surface area (Å²) in [6.07, 6.45) is 3.33. The monoisotopic (exact) mass is 388 g/mol. The van der Waals surface area contributed by atoms with Crippen LogP contribution in [0.4, 0.5) is 0 Å². The van der Waals surface area contributed by atoms with Crippen molar-refractivity contribution in [3.8, 4) is 11.5 Å². The molecule has 0 saturated carbocycles. The van der Waals surface area contributed by atoms with Crippen LogP contribution in [0.15, 0.2) is 41.8 Å². The molecule has 1 unspecified atom stereocenters. The van der Waals surface area contributed by atoms with Crippen LogP contribution >= 0.6 is 11.3 Å². The van der Waals surface area contributed by atoms with E-state index < -0.39 is 0 Å². The minimum atomic E-state index is -0.120. The Bertz CT molecular complexity index is 742. The van der Waals surface area contributed by atoms with E-state index in [1.165, 1.54) is 4.88 Å². The van der Waals surface area contributed by atoms with Gasteiger partial charge in [-0.25, -0.2) is 0 Å². The lowest BCUT2D eigenvalue weighted by atomic mass is 10.2. The van der Waals surface area contributed by atoms with Crippen LogP contribution < -0.4 is 14.8 Å². The van der Waals surface area contributed by atoms with Gasteiger partial charge in [0.1, 0.15) is 0 Å². The SMILES string of the molecule is CCOc1ccc(/C=C/C(=O)NCC(c2cccs2)N(C)C)cc1OCC. The maximum absolute atomic E-state index is 12.2. The summed E-state index contributed by atoms with van der Waals surface area (Å²) < 4.78 is 11.2. The van der Waals surface area contributed by atoms with Crippen LogP contribution in [0.2, 0.25) is 0 Å². The summed E-state index contributed by atoms with van der Waals surface area (Å²) in [6.45, 7) is 5.56. The van der Waals surface area contributed by atoms with Gasteiger partial charge in [-0.1, -0.05) is 12.1 Å². The molecule has 1 aromatic heterocycles. The van der Waals surface area contributed by atoms with Crippen molar-refractivity contribution >= 4 is 23.3 Å². The highest BCUT2D eigenvalue weighted by molar-refractivity contribution is 7.10. The van der Waals surface area contributed by atoms with Gasteiger partial charge in [-0.2, -0.15) is 0 Å². The van der Waals surface area contributed by atoms with Crippen LogP contribution in [-0.4, -0.2) is 44.7 Å². The van der Waals surface area contributed by atoms with E-state index in [1.54, 1.807) is 23.5 Å². The van der Waals surface area contributed by atoms with E-state index in [2.05, 4.69) is 21.7 Å². The maximum Gasteiger partial charge on any atom is 0.244 e. The number of rotatable bonds is 10. The first kappa shape index (κ1) is 21.0. The van der Waals surface area contributed by atoms with Crippen LogP contribution in [0.3, 0.4) is 0 Å². The summed E-state index contributed by atoms with van der Waals surface area (Å²) in [5.74, 6) is 1.28. The first-order valence-electron chi connectivity index (χ1n) is 9.10. The smallest absolute Gasteiger partial charge is 0.244 e. The molecular formula is C21H28N2O3S. The number of thiophene rings is 1. The van der Waals surface area contributed by atoms with Crippen molar-refractivity contribution in [3.63, 3.8) is 0 Å². The number of carbonyl (C=O) groups excluding carboxylic acids is 1. The fourth-order valence-corrected chi connectivity index (χ4v) is 3.54. The summed E-state index contributed by atoms with van der Waals surface area (Å²) in [7, 11) is 4.03. The van der Waals surface area contributed by atoms with Crippen molar-refractivity contribution < 1.29 is 14.3 Å². The first-order valence-corrected chi connectivity index (χ1v) is 9.98. The fraction of sp³-hybridized carbons (Fsp3) is 0.381. The molecule has 0 spiro atoms. The predicted molar refractivity (Wildman–Crippen MR) is 112 cm³/mol. The molecule has 0 aliphatic rings. The lowest BCUT2D eigenvalue weighted by molar-refractivity contribution is -0.116. The molecule has 0 saturated heterocycles. The molecule has 2 rings (SSSR count). The second kappa shape index (κ2) is 10.7. The zero-order valence-electron chi connectivity index (χ0n) is 16.4. The summed E-state index contributed by atoms with van der Waals surface area (Å²) in [6, 6.07) is 9.94. The molecule has 1 N–H and O–H groups in total. The molecule has 0 fully saturated rings. The van der Waals surface area contributed by atoms with E-state index in [1.807, 2.05) is 52.2 Å². The molecule has 5 nitrogen and oxygen atoms in total. The van der Waals surface area contributed by atoms with Gasteiger partial charge in [0.05, 0.1) is 19.3 Å². The molecule has 27 heavy (non-hydrogen) atoms. The topological polar surface area (TPSA) is 50.8 Å². The Morgan fingerprint density at radius 1 is 1.19 bits per heavy atom. The number of ether oxygens (including phenoxy) is 2. The normalized spacial score (nSPS) is 12.3. The summed E-state index contributed by atoms with van der Waals surface area (Å²) in [5, 5.41) is 5.03. The third kappa shape index (κ3) is 6.41. The van der Waals surface area contributed by atoms with Crippen molar-refractivity contribution in [2.75, 3.05) is 33.9 Å². The van der Waals surface area contributed by atoms with Crippen LogP contribution in [0.25, 0.3) is 6.08 Å². The van der Waals surface area contributed by atoms with Crippen molar-refractivity contribution in [1.82, 2.24) is 10.2 Å². The number of hydrogen-bond acceptors (Lipinski definition) is 5. The average Bonchev–Trinajstić information content (AvgIpc) is 3.16. The van der Waals surface area contributed by atoms with E-state index in [0.29, 0.717) is 31.3 Å². The summed E-state index contributed by atoms with van der Waals surface area (Å²) in [4.78, 5) is 15.6. The number of benzene rings is 1. The van der Waals surface area contributed by atoms with Gasteiger partial charge < -0.3 is 19.7 Å². The Kier molecular flexibility index (Phi) is 8.36. The molecule has 1 aromatic carbocycles. The third-order valence-corrected chi connectivity index (χ3v) is 4.93. The van der Waals surface area contributed by atoms with Crippen molar-refractivity contribution in [3.05, 3.63) is 52.2 Å². The standard InChI is InChI=1S/C21H28N2O3S/c1-5-25-18-11-9-16(14-19(18)26-6-2)10-12-21(24)22-15-17(23(3)4)20-8-7-13-27-20/h7-14,17H,5-6,15H2,1-4H3,(H,22,24)/b12-10+. The highest BCUT2D eigenvalue weighted by Crippen LogP contribution is 2.29. The van der Waals surface area contributed by atoms with E-state index >= 15 is 0 Å².